The van der Waals surface area contributed by atoms with E-state index in [9.17, 15) is 0 Å². The molecule has 0 fully saturated rings. The first kappa shape index (κ1) is 12.2. The summed E-state index contributed by atoms with van der Waals surface area (Å²) in [6, 6.07) is 17.1. The molecule has 98 valence electrons. The third-order valence-electron chi connectivity index (χ3n) is 3.76. The highest BCUT2D eigenvalue weighted by molar-refractivity contribution is 5.61. The SMILES string of the molecule is C[C@@H]1CNCCc2ccc(Nc3ccccc3)cc21. The fourth-order valence-electron chi connectivity index (χ4n) is 2.70. The minimum atomic E-state index is 0.579. The van der Waals surface area contributed by atoms with Crippen LogP contribution in [0.5, 0.6) is 0 Å². The molecule has 0 radical (unpaired) electrons. The van der Waals surface area contributed by atoms with Crippen LogP contribution in [0.25, 0.3) is 0 Å². The molecule has 0 amide bonds. The Balaban J connectivity index is 1.88. The molecule has 2 N–H and O–H groups in total. The summed E-state index contributed by atoms with van der Waals surface area (Å²) in [5, 5.41) is 6.97. The lowest BCUT2D eigenvalue weighted by atomic mass is 9.95. The number of hydrogen-bond donors (Lipinski definition) is 2. The second-order valence-corrected chi connectivity index (χ2v) is 5.26. The summed E-state index contributed by atoms with van der Waals surface area (Å²) in [4.78, 5) is 0. The maximum Gasteiger partial charge on any atom is 0.0387 e. The quantitative estimate of drug-likeness (QED) is 0.852. The Labute approximate surface area is 114 Å². The molecule has 1 aliphatic heterocycles. The minimum Gasteiger partial charge on any atom is -0.356 e. The molecule has 1 atom stereocenters. The molecule has 2 heteroatoms. The minimum absolute atomic E-state index is 0.579. The van der Waals surface area contributed by atoms with Gasteiger partial charge in [0.05, 0.1) is 0 Å². The predicted molar refractivity (Wildman–Crippen MR) is 81.2 cm³/mol. The van der Waals surface area contributed by atoms with Crippen LogP contribution >= 0.6 is 0 Å². The van der Waals surface area contributed by atoms with Crippen molar-refractivity contribution in [2.75, 3.05) is 18.4 Å². The van der Waals surface area contributed by atoms with Gasteiger partial charge in [-0.2, -0.15) is 0 Å². The first-order valence-electron chi connectivity index (χ1n) is 6.98. The largest absolute Gasteiger partial charge is 0.356 e. The van der Waals surface area contributed by atoms with Gasteiger partial charge in [0.15, 0.2) is 0 Å². The number of rotatable bonds is 2. The molecular weight excluding hydrogens is 232 g/mol. The zero-order chi connectivity index (χ0) is 13.1. The number of anilines is 2. The van der Waals surface area contributed by atoms with Crippen molar-refractivity contribution in [1.29, 1.82) is 0 Å². The van der Waals surface area contributed by atoms with Gasteiger partial charge in [-0.1, -0.05) is 31.2 Å². The normalized spacial score (nSPS) is 18.5. The molecule has 2 aromatic rings. The van der Waals surface area contributed by atoms with E-state index in [4.69, 9.17) is 0 Å². The number of fused-ring (bicyclic) bond motifs is 1. The van der Waals surface area contributed by atoms with E-state index in [1.165, 1.54) is 16.8 Å². The van der Waals surface area contributed by atoms with E-state index in [0.29, 0.717) is 5.92 Å². The van der Waals surface area contributed by atoms with Gasteiger partial charge in [0, 0.05) is 17.9 Å². The fourth-order valence-corrected chi connectivity index (χ4v) is 2.70. The summed E-state index contributed by atoms with van der Waals surface area (Å²) in [7, 11) is 0. The van der Waals surface area contributed by atoms with Crippen LogP contribution in [-0.2, 0) is 6.42 Å². The van der Waals surface area contributed by atoms with Gasteiger partial charge in [0.1, 0.15) is 0 Å². The Morgan fingerprint density at radius 2 is 1.89 bits per heavy atom. The Hall–Kier alpha value is -1.80. The average Bonchev–Trinajstić information content (AvgIpc) is 2.62. The third-order valence-corrected chi connectivity index (χ3v) is 3.76. The van der Waals surface area contributed by atoms with Crippen LogP contribution in [0.1, 0.15) is 24.0 Å². The Morgan fingerprint density at radius 1 is 1.05 bits per heavy atom. The van der Waals surface area contributed by atoms with Crippen molar-refractivity contribution in [3.63, 3.8) is 0 Å². The molecule has 1 heterocycles. The molecule has 2 aromatic carbocycles. The van der Waals surface area contributed by atoms with Gasteiger partial charge < -0.3 is 10.6 Å². The summed E-state index contributed by atoms with van der Waals surface area (Å²) >= 11 is 0. The van der Waals surface area contributed by atoms with Crippen LogP contribution in [-0.4, -0.2) is 13.1 Å². The highest BCUT2D eigenvalue weighted by Gasteiger charge is 2.14. The Kier molecular flexibility index (Phi) is 3.51. The summed E-state index contributed by atoms with van der Waals surface area (Å²) in [5.74, 6) is 0.579. The van der Waals surface area contributed by atoms with Crippen LogP contribution in [0.15, 0.2) is 48.5 Å². The molecule has 0 aliphatic carbocycles. The van der Waals surface area contributed by atoms with E-state index in [-0.39, 0.29) is 0 Å². The van der Waals surface area contributed by atoms with Gasteiger partial charge >= 0.3 is 0 Å². The number of para-hydroxylation sites is 1. The third kappa shape index (κ3) is 2.79. The van der Waals surface area contributed by atoms with Crippen molar-refractivity contribution >= 4 is 11.4 Å². The number of hydrogen-bond acceptors (Lipinski definition) is 2. The zero-order valence-corrected chi connectivity index (χ0v) is 11.3. The molecule has 0 spiro atoms. The monoisotopic (exact) mass is 252 g/mol. The van der Waals surface area contributed by atoms with Crippen LogP contribution in [0.3, 0.4) is 0 Å². The van der Waals surface area contributed by atoms with Crippen molar-refractivity contribution in [2.24, 2.45) is 0 Å². The maximum absolute atomic E-state index is 3.49. The molecule has 0 saturated heterocycles. The molecular formula is C17H20N2. The molecule has 0 unspecified atom stereocenters. The van der Waals surface area contributed by atoms with E-state index in [1.807, 2.05) is 6.07 Å². The van der Waals surface area contributed by atoms with Crippen LogP contribution in [0.2, 0.25) is 0 Å². The van der Waals surface area contributed by atoms with Gasteiger partial charge in [0.2, 0.25) is 0 Å². The second kappa shape index (κ2) is 5.45. The van der Waals surface area contributed by atoms with E-state index in [1.54, 1.807) is 0 Å². The molecule has 0 aromatic heterocycles. The van der Waals surface area contributed by atoms with E-state index in [0.717, 1.165) is 25.2 Å². The van der Waals surface area contributed by atoms with Crippen LogP contribution < -0.4 is 10.6 Å². The van der Waals surface area contributed by atoms with Crippen LogP contribution in [0, 0.1) is 0 Å². The van der Waals surface area contributed by atoms with Gasteiger partial charge in [-0.25, -0.2) is 0 Å². The molecule has 2 nitrogen and oxygen atoms in total. The molecule has 1 aliphatic rings. The zero-order valence-electron chi connectivity index (χ0n) is 11.3. The lowest BCUT2D eigenvalue weighted by Crippen LogP contribution is -2.18. The maximum atomic E-state index is 3.49. The predicted octanol–water partition coefficient (Wildman–Crippen LogP) is 3.68. The smallest absolute Gasteiger partial charge is 0.0387 e. The van der Waals surface area contributed by atoms with Crippen molar-refractivity contribution in [2.45, 2.75) is 19.3 Å². The van der Waals surface area contributed by atoms with E-state index < -0.39 is 0 Å². The summed E-state index contributed by atoms with van der Waals surface area (Å²) in [6.45, 7) is 4.45. The fraction of sp³-hybridized carbons (Fsp3) is 0.294. The van der Waals surface area contributed by atoms with Crippen molar-refractivity contribution in [3.05, 3.63) is 59.7 Å². The average molecular weight is 252 g/mol. The second-order valence-electron chi connectivity index (χ2n) is 5.26. The van der Waals surface area contributed by atoms with Gasteiger partial charge in [0.25, 0.3) is 0 Å². The first-order chi connectivity index (χ1) is 9.33. The Bertz CT molecular complexity index is 548. The lowest BCUT2D eigenvalue weighted by molar-refractivity contribution is 0.644. The molecule has 0 bridgehead atoms. The van der Waals surface area contributed by atoms with Gasteiger partial charge in [-0.05, 0) is 54.3 Å². The van der Waals surface area contributed by atoms with Crippen LogP contribution in [0.4, 0.5) is 11.4 Å². The summed E-state index contributed by atoms with van der Waals surface area (Å²) in [5.41, 5.74) is 5.28. The molecule has 3 rings (SSSR count). The number of nitrogens with one attached hydrogen (secondary N) is 2. The molecule has 19 heavy (non-hydrogen) atoms. The summed E-state index contributed by atoms with van der Waals surface area (Å²) in [6.07, 6.45) is 1.13. The highest BCUT2D eigenvalue weighted by atomic mass is 14.9. The lowest BCUT2D eigenvalue weighted by Gasteiger charge is -2.15. The Morgan fingerprint density at radius 3 is 2.74 bits per heavy atom. The van der Waals surface area contributed by atoms with Crippen molar-refractivity contribution in [3.8, 4) is 0 Å². The van der Waals surface area contributed by atoms with Gasteiger partial charge in [-0.15, -0.1) is 0 Å². The van der Waals surface area contributed by atoms with E-state index in [2.05, 4.69) is 60.0 Å². The topological polar surface area (TPSA) is 24.1 Å². The highest BCUT2D eigenvalue weighted by Crippen LogP contribution is 2.27. The first-order valence-corrected chi connectivity index (χ1v) is 6.98. The molecule has 0 saturated carbocycles. The van der Waals surface area contributed by atoms with Gasteiger partial charge in [-0.3, -0.25) is 0 Å². The summed E-state index contributed by atoms with van der Waals surface area (Å²) < 4.78 is 0. The van der Waals surface area contributed by atoms with Crippen molar-refractivity contribution in [1.82, 2.24) is 5.32 Å². The van der Waals surface area contributed by atoms with Crippen molar-refractivity contribution < 1.29 is 0 Å². The van der Waals surface area contributed by atoms with E-state index >= 15 is 0 Å². The standard InChI is InChI=1S/C17H20N2/c1-13-12-18-10-9-14-7-8-16(11-17(13)14)19-15-5-3-2-4-6-15/h2-8,11,13,18-19H,9-10,12H2,1H3/t13-/m1/s1. The number of benzene rings is 2.